The third kappa shape index (κ3) is 1.54. The van der Waals surface area contributed by atoms with Crippen molar-refractivity contribution >= 4 is 0 Å². The maximum absolute atomic E-state index is 5.32. The highest BCUT2D eigenvalue weighted by molar-refractivity contribution is 5.80. The molecule has 0 amide bonds. The molecule has 1 aliphatic rings. The number of rotatable bonds is 1. The molecule has 0 unspecified atom stereocenters. The van der Waals surface area contributed by atoms with E-state index in [0.717, 1.165) is 12.2 Å². The van der Waals surface area contributed by atoms with Crippen LogP contribution in [0.5, 0.6) is 5.75 Å². The van der Waals surface area contributed by atoms with Gasteiger partial charge in [-0.3, -0.25) is 0 Å². The van der Waals surface area contributed by atoms with Gasteiger partial charge < -0.3 is 4.74 Å². The minimum atomic E-state index is 0.941. The van der Waals surface area contributed by atoms with Crippen LogP contribution in [0.1, 0.15) is 22.3 Å². The molecule has 1 heteroatoms. The Labute approximate surface area is 102 Å². The van der Waals surface area contributed by atoms with Crippen molar-refractivity contribution < 1.29 is 4.74 Å². The highest BCUT2D eigenvalue weighted by atomic mass is 16.5. The molecule has 1 nitrogen and oxygen atoms in total. The first-order valence-electron chi connectivity index (χ1n) is 5.96. The van der Waals surface area contributed by atoms with Crippen LogP contribution in [0.25, 0.3) is 11.1 Å². The van der Waals surface area contributed by atoms with E-state index in [-0.39, 0.29) is 0 Å². The fourth-order valence-corrected chi connectivity index (χ4v) is 2.86. The zero-order chi connectivity index (χ0) is 12.0. The Bertz CT molecular complexity index is 597. The van der Waals surface area contributed by atoms with Gasteiger partial charge in [0.25, 0.3) is 0 Å². The van der Waals surface area contributed by atoms with Crippen LogP contribution in [0.2, 0.25) is 0 Å². The van der Waals surface area contributed by atoms with Crippen molar-refractivity contribution in [1.29, 1.82) is 0 Å². The van der Waals surface area contributed by atoms with E-state index in [1.807, 2.05) is 6.07 Å². The number of methoxy groups -OCH3 is 1. The van der Waals surface area contributed by atoms with E-state index in [1.54, 1.807) is 7.11 Å². The van der Waals surface area contributed by atoms with Gasteiger partial charge in [-0.25, -0.2) is 0 Å². The van der Waals surface area contributed by atoms with Gasteiger partial charge in [0.15, 0.2) is 0 Å². The predicted octanol–water partition coefficient (Wildman–Crippen LogP) is 3.88. The van der Waals surface area contributed by atoms with Crippen LogP contribution in [0, 0.1) is 13.8 Å². The fraction of sp³-hybridized carbons (Fsp3) is 0.250. The molecule has 0 aliphatic heterocycles. The Hall–Kier alpha value is -1.76. The second-order valence-corrected chi connectivity index (χ2v) is 4.82. The molecule has 0 spiro atoms. The summed E-state index contributed by atoms with van der Waals surface area (Å²) in [4.78, 5) is 0. The normalized spacial score (nSPS) is 12.2. The maximum Gasteiger partial charge on any atom is 0.119 e. The molecule has 1 aliphatic carbocycles. The van der Waals surface area contributed by atoms with Crippen molar-refractivity contribution in [3.63, 3.8) is 0 Å². The lowest BCUT2D eigenvalue weighted by Crippen LogP contribution is -1.87. The monoisotopic (exact) mass is 224 g/mol. The van der Waals surface area contributed by atoms with Crippen LogP contribution in [0.4, 0.5) is 0 Å². The van der Waals surface area contributed by atoms with Gasteiger partial charge in [-0.15, -0.1) is 0 Å². The van der Waals surface area contributed by atoms with Crippen LogP contribution < -0.4 is 4.74 Å². The number of hydrogen-bond donors (Lipinski definition) is 0. The zero-order valence-corrected chi connectivity index (χ0v) is 10.5. The summed E-state index contributed by atoms with van der Waals surface area (Å²) in [6, 6.07) is 10.9. The van der Waals surface area contributed by atoms with Gasteiger partial charge in [0.1, 0.15) is 5.75 Å². The molecule has 0 atom stereocenters. The summed E-state index contributed by atoms with van der Waals surface area (Å²) < 4.78 is 5.32. The molecule has 2 aromatic rings. The molecule has 0 radical (unpaired) electrons. The Balaban J connectivity index is 2.25. The van der Waals surface area contributed by atoms with Gasteiger partial charge in [-0.2, -0.15) is 0 Å². The van der Waals surface area contributed by atoms with E-state index in [2.05, 4.69) is 38.1 Å². The Kier molecular flexibility index (Phi) is 2.22. The van der Waals surface area contributed by atoms with Crippen molar-refractivity contribution in [2.45, 2.75) is 20.3 Å². The summed E-state index contributed by atoms with van der Waals surface area (Å²) in [6.07, 6.45) is 1.05. The van der Waals surface area contributed by atoms with Crippen molar-refractivity contribution in [3.8, 4) is 16.9 Å². The van der Waals surface area contributed by atoms with Crippen molar-refractivity contribution in [2.75, 3.05) is 7.11 Å². The Morgan fingerprint density at radius 3 is 2.59 bits per heavy atom. The van der Waals surface area contributed by atoms with Crippen molar-refractivity contribution in [1.82, 2.24) is 0 Å². The number of ether oxygens (including phenoxy) is 1. The first-order chi connectivity index (χ1) is 8.19. The molecular weight excluding hydrogens is 208 g/mol. The fourth-order valence-electron chi connectivity index (χ4n) is 2.86. The highest BCUT2D eigenvalue weighted by Gasteiger charge is 2.20. The zero-order valence-electron chi connectivity index (χ0n) is 10.5. The smallest absolute Gasteiger partial charge is 0.119 e. The molecule has 86 valence electrons. The Morgan fingerprint density at radius 2 is 1.82 bits per heavy atom. The average Bonchev–Trinajstić information content (AvgIpc) is 2.65. The van der Waals surface area contributed by atoms with E-state index in [9.17, 15) is 0 Å². The average molecular weight is 224 g/mol. The lowest BCUT2D eigenvalue weighted by molar-refractivity contribution is 0.415. The number of fused-ring (bicyclic) bond motifs is 3. The van der Waals surface area contributed by atoms with E-state index in [1.165, 1.54) is 33.4 Å². The number of hydrogen-bond acceptors (Lipinski definition) is 1. The second-order valence-electron chi connectivity index (χ2n) is 4.82. The van der Waals surface area contributed by atoms with E-state index < -0.39 is 0 Å². The summed E-state index contributed by atoms with van der Waals surface area (Å²) in [5, 5.41) is 0. The molecule has 0 saturated heterocycles. The second kappa shape index (κ2) is 3.63. The van der Waals surface area contributed by atoms with Crippen LogP contribution in [0.3, 0.4) is 0 Å². The summed E-state index contributed by atoms with van der Waals surface area (Å²) in [5.74, 6) is 0.941. The van der Waals surface area contributed by atoms with E-state index in [0.29, 0.717) is 0 Å². The standard InChI is InChI=1S/C16H16O/c1-10-6-11(2)16-13(7-10)8-12-4-5-14(17-3)9-15(12)16/h4-7,9H,8H2,1-3H3. The first-order valence-corrected chi connectivity index (χ1v) is 5.96. The molecular formula is C16H16O. The minimum absolute atomic E-state index is 0.941. The predicted molar refractivity (Wildman–Crippen MR) is 70.7 cm³/mol. The molecule has 0 fully saturated rings. The highest BCUT2D eigenvalue weighted by Crippen LogP contribution is 2.40. The van der Waals surface area contributed by atoms with Gasteiger partial charge in [0.05, 0.1) is 7.11 Å². The summed E-state index contributed by atoms with van der Waals surface area (Å²) in [5.41, 5.74) is 8.33. The minimum Gasteiger partial charge on any atom is -0.497 e. The van der Waals surface area contributed by atoms with Crippen molar-refractivity contribution in [2.24, 2.45) is 0 Å². The number of aryl methyl sites for hydroxylation is 2. The van der Waals surface area contributed by atoms with Crippen LogP contribution >= 0.6 is 0 Å². The lowest BCUT2D eigenvalue weighted by atomic mass is 9.98. The topological polar surface area (TPSA) is 9.23 Å². The molecule has 3 rings (SSSR count). The van der Waals surface area contributed by atoms with Crippen LogP contribution in [-0.4, -0.2) is 7.11 Å². The molecule has 2 aromatic carbocycles. The number of benzene rings is 2. The molecule has 0 N–H and O–H groups in total. The van der Waals surface area contributed by atoms with Gasteiger partial charge in [0, 0.05) is 0 Å². The molecule has 0 heterocycles. The van der Waals surface area contributed by atoms with E-state index in [4.69, 9.17) is 4.74 Å². The SMILES string of the molecule is COc1ccc2c(c1)-c1c(C)cc(C)cc1C2. The van der Waals surface area contributed by atoms with Crippen LogP contribution in [0.15, 0.2) is 30.3 Å². The molecule has 0 bridgehead atoms. The summed E-state index contributed by atoms with van der Waals surface area (Å²) >= 11 is 0. The van der Waals surface area contributed by atoms with Crippen LogP contribution in [-0.2, 0) is 6.42 Å². The Morgan fingerprint density at radius 1 is 1.00 bits per heavy atom. The van der Waals surface area contributed by atoms with Gasteiger partial charge in [-0.05, 0) is 60.2 Å². The lowest BCUT2D eigenvalue weighted by Gasteiger charge is -2.08. The molecule has 17 heavy (non-hydrogen) atoms. The third-order valence-electron chi connectivity index (χ3n) is 3.53. The third-order valence-corrected chi connectivity index (χ3v) is 3.53. The largest absolute Gasteiger partial charge is 0.497 e. The van der Waals surface area contributed by atoms with E-state index >= 15 is 0 Å². The summed E-state index contributed by atoms with van der Waals surface area (Å²) in [7, 11) is 1.72. The van der Waals surface area contributed by atoms with Gasteiger partial charge >= 0.3 is 0 Å². The molecule has 0 aromatic heterocycles. The molecule has 0 saturated carbocycles. The first kappa shape index (κ1) is 10.4. The van der Waals surface area contributed by atoms with Crippen molar-refractivity contribution in [3.05, 3.63) is 52.6 Å². The quantitative estimate of drug-likeness (QED) is 0.609. The van der Waals surface area contributed by atoms with Gasteiger partial charge in [-0.1, -0.05) is 23.8 Å². The van der Waals surface area contributed by atoms with Gasteiger partial charge in [0.2, 0.25) is 0 Å². The summed E-state index contributed by atoms with van der Waals surface area (Å²) in [6.45, 7) is 4.36. The maximum atomic E-state index is 5.32.